The van der Waals surface area contributed by atoms with Gasteiger partial charge in [-0.2, -0.15) is 4.98 Å². The third-order valence-corrected chi connectivity index (χ3v) is 4.65. The maximum Gasteiger partial charge on any atom is 0.231 e. The van der Waals surface area contributed by atoms with E-state index in [9.17, 15) is 4.79 Å². The van der Waals surface area contributed by atoms with Crippen LogP contribution in [-0.2, 0) is 11.2 Å². The molecule has 25 heavy (non-hydrogen) atoms. The molecule has 0 N–H and O–H groups in total. The Morgan fingerprint density at radius 1 is 1.32 bits per heavy atom. The van der Waals surface area contributed by atoms with Gasteiger partial charge in [0.15, 0.2) is 5.82 Å². The molecule has 1 aliphatic heterocycles. The monoisotopic (exact) mass is 343 g/mol. The van der Waals surface area contributed by atoms with Gasteiger partial charge in [0.25, 0.3) is 0 Å². The Bertz CT molecular complexity index is 709. The number of benzene rings is 1. The summed E-state index contributed by atoms with van der Waals surface area (Å²) >= 11 is 0. The molecule has 0 bridgehead atoms. The number of piperidine rings is 1. The molecule has 3 rings (SSSR count). The predicted molar refractivity (Wildman–Crippen MR) is 93.6 cm³/mol. The van der Waals surface area contributed by atoms with Crippen LogP contribution in [0.15, 0.2) is 28.8 Å². The average molecular weight is 343 g/mol. The lowest BCUT2D eigenvalue weighted by atomic mass is 9.97. The number of amides is 1. The third-order valence-electron chi connectivity index (χ3n) is 4.65. The first kappa shape index (κ1) is 17.5. The number of rotatable bonds is 6. The number of nitrogens with zero attached hydrogens (tertiary/aromatic N) is 3. The van der Waals surface area contributed by atoms with Crippen LogP contribution >= 0.6 is 0 Å². The van der Waals surface area contributed by atoms with E-state index in [-0.39, 0.29) is 17.7 Å². The van der Waals surface area contributed by atoms with E-state index in [1.807, 2.05) is 43.0 Å². The van der Waals surface area contributed by atoms with Gasteiger partial charge in [0.2, 0.25) is 11.8 Å². The largest absolute Gasteiger partial charge is 0.497 e. The third kappa shape index (κ3) is 4.18. The maximum atomic E-state index is 12.2. The molecular weight excluding hydrogens is 318 g/mol. The Balaban J connectivity index is 1.60. The van der Waals surface area contributed by atoms with E-state index >= 15 is 0 Å². The van der Waals surface area contributed by atoms with Crippen LogP contribution in [0.2, 0.25) is 0 Å². The lowest BCUT2D eigenvalue weighted by Gasteiger charge is -2.31. The van der Waals surface area contributed by atoms with Crippen molar-refractivity contribution in [3.8, 4) is 5.75 Å². The van der Waals surface area contributed by atoms with Crippen LogP contribution in [-0.4, -0.2) is 41.1 Å². The quantitative estimate of drug-likeness (QED) is 0.806. The van der Waals surface area contributed by atoms with Crippen molar-refractivity contribution in [2.75, 3.05) is 20.2 Å². The molecule has 1 aromatic heterocycles. The Morgan fingerprint density at radius 3 is 2.72 bits per heavy atom. The molecule has 0 saturated carbocycles. The normalized spacial score (nSPS) is 18.0. The Morgan fingerprint density at radius 2 is 2.08 bits per heavy atom. The Hall–Kier alpha value is -2.37. The van der Waals surface area contributed by atoms with E-state index in [0.717, 1.165) is 24.4 Å². The summed E-state index contributed by atoms with van der Waals surface area (Å²) in [6.45, 7) is 5.43. The van der Waals surface area contributed by atoms with Crippen LogP contribution in [0.3, 0.4) is 0 Å². The van der Waals surface area contributed by atoms with E-state index in [0.29, 0.717) is 25.4 Å². The van der Waals surface area contributed by atoms with Crippen LogP contribution < -0.4 is 4.74 Å². The van der Waals surface area contributed by atoms with Crippen molar-refractivity contribution in [3.05, 3.63) is 41.5 Å². The van der Waals surface area contributed by atoms with Gasteiger partial charge >= 0.3 is 0 Å². The molecule has 6 heteroatoms. The van der Waals surface area contributed by atoms with Crippen LogP contribution in [0.1, 0.15) is 55.8 Å². The molecule has 6 nitrogen and oxygen atoms in total. The summed E-state index contributed by atoms with van der Waals surface area (Å²) in [6, 6.07) is 7.97. The molecule has 2 heterocycles. The Labute approximate surface area is 148 Å². The molecule has 0 unspecified atom stereocenters. The number of ether oxygens (including phenoxy) is 1. The van der Waals surface area contributed by atoms with Gasteiger partial charge in [0, 0.05) is 25.4 Å². The summed E-state index contributed by atoms with van der Waals surface area (Å²) in [6.07, 6.45) is 2.13. The average Bonchev–Trinajstić information content (AvgIpc) is 3.12. The summed E-state index contributed by atoms with van der Waals surface area (Å²) in [7, 11) is 1.66. The molecule has 1 amide bonds. The zero-order valence-corrected chi connectivity index (χ0v) is 15.1. The highest BCUT2D eigenvalue weighted by Gasteiger charge is 2.30. The van der Waals surface area contributed by atoms with Crippen molar-refractivity contribution in [2.24, 2.45) is 0 Å². The van der Waals surface area contributed by atoms with Crippen molar-refractivity contribution in [1.82, 2.24) is 15.0 Å². The van der Waals surface area contributed by atoms with Gasteiger partial charge in [-0.3, -0.25) is 4.79 Å². The molecule has 1 saturated heterocycles. The van der Waals surface area contributed by atoms with Crippen molar-refractivity contribution in [3.63, 3.8) is 0 Å². The number of hydrogen-bond donors (Lipinski definition) is 0. The molecular formula is C19H25N3O3. The molecule has 1 aromatic carbocycles. The number of hydrogen-bond acceptors (Lipinski definition) is 5. The summed E-state index contributed by atoms with van der Waals surface area (Å²) in [5.74, 6) is 2.81. The molecule has 0 spiro atoms. The predicted octanol–water partition coefficient (Wildman–Crippen LogP) is 3.15. The van der Waals surface area contributed by atoms with Crippen LogP contribution in [0.25, 0.3) is 0 Å². The van der Waals surface area contributed by atoms with Crippen molar-refractivity contribution in [1.29, 1.82) is 0 Å². The first-order valence-electron chi connectivity index (χ1n) is 8.81. The first-order valence-corrected chi connectivity index (χ1v) is 8.81. The fourth-order valence-corrected chi connectivity index (χ4v) is 3.04. The summed E-state index contributed by atoms with van der Waals surface area (Å²) in [5.41, 5.74) is 1.19. The van der Waals surface area contributed by atoms with Crippen LogP contribution in [0.4, 0.5) is 0 Å². The Kier molecular flexibility index (Phi) is 5.36. The van der Waals surface area contributed by atoms with Crippen molar-refractivity contribution >= 4 is 5.91 Å². The minimum Gasteiger partial charge on any atom is -0.497 e. The minimum atomic E-state index is 0.133. The number of aromatic nitrogens is 2. The fraction of sp³-hybridized carbons (Fsp3) is 0.526. The van der Waals surface area contributed by atoms with Gasteiger partial charge in [-0.05, 0) is 30.5 Å². The van der Waals surface area contributed by atoms with Crippen LogP contribution in [0.5, 0.6) is 5.75 Å². The highest BCUT2D eigenvalue weighted by molar-refractivity contribution is 5.77. The zero-order chi connectivity index (χ0) is 17.8. The summed E-state index contributed by atoms with van der Waals surface area (Å²) < 4.78 is 10.6. The zero-order valence-electron chi connectivity index (χ0n) is 15.1. The fourth-order valence-electron chi connectivity index (χ4n) is 3.04. The summed E-state index contributed by atoms with van der Waals surface area (Å²) in [5, 5.41) is 4.04. The minimum absolute atomic E-state index is 0.133. The standard InChI is InChI=1S/C19H25N3O3/c1-13(2)18-20-19(25-21-18)15-6-9-17(23)22(12-15)11-10-14-4-7-16(24-3)8-5-14/h4-5,7-8,13,15H,6,9-12H2,1-3H3/t15-/m0/s1. The maximum absolute atomic E-state index is 12.2. The van der Waals surface area contributed by atoms with E-state index in [1.165, 1.54) is 5.56 Å². The summed E-state index contributed by atoms with van der Waals surface area (Å²) in [4.78, 5) is 18.7. The molecule has 0 aliphatic carbocycles. The second-order valence-electron chi connectivity index (χ2n) is 6.82. The second kappa shape index (κ2) is 7.68. The van der Waals surface area contributed by atoms with Crippen molar-refractivity contribution < 1.29 is 14.1 Å². The lowest BCUT2D eigenvalue weighted by Crippen LogP contribution is -2.40. The molecule has 1 fully saturated rings. The van der Waals surface area contributed by atoms with Crippen molar-refractivity contribution in [2.45, 2.75) is 44.9 Å². The first-order chi connectivity index (χ1) is 12.1. The molecule has 134 valence electrons. The molecule has 1 aliphatic rings. The highest BCUT2D eigenvalue weighted by atomic mass is 16.5. The smallest absolute Gasteiger partial charge is 0.231 e. The van der Waals surface area contributed by atoms with E-state index in [1.54, 1.807) is 7.11 Å². The second-order valence-corrected chi connectivity index (χ2v) is 6.82. The molecule has 0 radical (unpaired) electrons. The van der Waals surface area contributed by atoms with Gasteiger partial charge in [-0.15, -0.1) is 0 Å². The number of methoxy groups -OCH3 is 1. The van der Waals surface area contributed by atoms with Gasteiger partial charge in [0.1, 0.15) is 5.75 Å². The van der Waals surface area contributed by atoms with E-state index < -0.39 is 0 Å². The van der Waals surface area contributed by atoms with Gasteiger partial charge in [-0.1, -0.05) is 31.1 Å². The van der Waals surface area contributed by atoms with E-state index in [2.05, 4.69) is 10.1 Å². The molecule has 1 atom stereocenters. The topological polar surface area (TPSA) is 68.5 Å². The van der Waals surface area contributed by atoms with Gasteiger partial charge in [0.05, 0.1) is 13.0 Å². The SMILES string of the molecule is COc1ccc(CCN2C[C@@H](c3nc(C(C)C)no3)CCC2=O)cc1. The number of likely N-dealkylation sites (tertiary alicyclic amines) is 1. The lowest BCUT2D eigenvalue weighted by molar-refractivity contribution is -0.133. The van der Waals surface area contributed by atoms with Gasteiger partial charge < -0.3 is 14.2 Å². The van der Waals surface area contributed by atoms with Gasteiger partial charge in [-0.25, -0.2) is 0 Å². The van der Waals surface area contributed by atoms with Crippen LogP contribution in [0, 0.1) is 0 Å². The number of carbonyl (C=O) groups excluding carboxylic acids is 1. The van der Waals surface area contributed by atoms with E-state index in [4.69, 9.17) is 9.26 Å². The highest BCUT2D eigenvalue weighted by Crippen LogP contribution is 2.27. The number of carbonyl (C=O) groups is 1. The molecule has 2 aromatic rings.